The van der Waals surface area contributed by atoms with E-state index < -0.39 is 0 Å². The van der Waals surface area contributed by atoms with Gasteiger partial charge >= 0.3 is 0 Å². The molecule has 2 fully saturated rings. The molecule has 0 aromatic carbocycles. The maximum absolute atomic E-state index is 5.61. The van der Waals surface area contributed by atoms with Gasteiger partial charge in [0.2, 0.25) is 0 Å². The van der Waals surface area contributed by atoms with Gasteiger partial charge in [-0.2, -0.15) is 0 Å². The van der Waals surface area contributed by atoms with Crippen LogP contribution in [0, 0.1) is 0 Å². The van der Waals surface area contributed by atoms with Crippen molar-refractivity contribution >= 4 is 0 Å². The predicted octanol–water partition coefficient (Wildman–Crippen LogP) is 1.24. The molecule has 0 aromatic heterocycles. The van der Waals surface area contributed by atoms with Crippen molar-refractivity contribution in [3.05, 3.63) is 0 Å². The molecule has 1 atom stereocenters. The summed E-state index contributed by atoms with van der Waals surface area (Å²) in [6.45, 7) is 8.90. The summed E-state index contributed by atoms with van der Waals surface area (Å²) in [6.07, 6.45) is 4.34. The van der Waals surface area contributed by atoms with Crippen molar-refractivity contribution in [2.24, 2.45) is 0 Å². The van der Waals surface area contributed by atoms with Crippen LogP contribution in [-0.4, -0.2) is 49.3 Å². The Morgan fingerprint density at radius 3 is 2.93 bits per heavy atom. The molecule has 1 aliphatic heterocycles. The number of rotatable bonds is 3. The second-order valence-electron chi connectivity index (χ2n) is 4.91. The van der Waals surface area contributed by atoms with Gasteiger partial charge in [-0.15, -0.1) is 0 Å². The van der Waals surface area contributed by atoms with E-state index in [0.717, 1.165) is 12.6 Å². The van der Waals surface area contributed by atoms with E-state index in [0.29, 0.717) is 12.1 Å². The average molecular weight is 212 g/mol. The molecule has 3 heteroatoms. The summed E-state index contributed by atoms with van der Waals surface area (Å²) in [5, 5.41) is 3.54. The first-order valence-electron chi connectivity index (χ1n) is 6.38. The molecule has 1 saturated carbocycles. The molecule has 3 nitrogen and oxygen atoms in total. The predicted molar refractivity (Wildman–Crippen MR) is 62.1 cm³/mol. The van der Waals surface area contributed by atoms with Gasteiger partial charge < -0.3 is 10.1 Å². The number of ether oxygens (including phenoxy) is 1. The van der Waals surface area contributed by atoms with Gasteiger partial charge in [0.15, 0.2) is 0 Å². The largest absolute Gasteiger partial charge is 0.378 e. The van der Waals surface area contributed by atoms with Gasteiger partial charge in [-0.05, 0) is 46.2 Å². The minimum Gasteiger partial charge on any atom is -0.378 e. The first kappa shape index (κ1) is 11.4. The molecule has 1 saturated heterocycles. The first-order valence-corrected chi connectivity index (χ1v) is 6.38. The zero-order chi connectivity index (χ0) is 10.7. The summed E-state index contributed by atoms with van der Waals surface area (Å²) in [4.78, 5) is 2.65. The van der Waals surface area contributed by atoms with Crippen molar-refractivity contribution in [1.82, 2.24) is 10.2 Å². The zero-order valence-electron chi connectivity index (χ0n) is 10.0. The molecule has 0 radical (unpaired) electrons. The van der Waals surface area contributed by atoms with Crippen LogP contribution in [0.3, 0.4) is 0 Å². The summed E-state index contributed by atoms with van der Waals surface area (Å²) in [5.41, 5.74) is 0. The van der Waals surface area contributed by atoms with Crippen molar-refractivity contribution in [1.29, 1.82) is 0 Å². The monoisotopic (exact) mass is 212 g/mol. The molecule has 0 bridgehead atoms. The summed E-state index contributed by atoms with van der Waals surface area (Å²) < 4.78 is 5.61. The van der Waals surface area contributed by atoms with Crippen LogP contribution in [0.2, 0.25) is 0 Å². The third kappa shape index (κ3) is 2.92. The lowest BCUT2D eigenvalue weighted by atomic mass is 9.87. The average Bonchev–Trinajstić information content (AvgIpc) is 2.35. The maximum Gasteiger partial charge on any atom is 0.0604 e. The van der Waals surface area contributed by atoms with Crippen LogP contribution in [0.15, 0.2) is 0 Å². The van der Waals surface area contributed by atoms with Crippen molar-refractivity contribution < 1.29 is 4.74 Å². The summed E-state index contributed by atoms with van der Waals surface area (Å²) >= 11 is 0. The smallest absolute Gasteiger partial charge is 0.0604 e. The van der Waals surface area contributed by atoms with Crippen LogP contribution in [-0.2, 0) is 4.74 Å². The lowest BCUT2D eigenvalue weighted by molar-refractivity contribution is -0.0462. The topological polar surface area (TPSA) is 24.5 Å². The maximum atomic E-state index is 5.61. The van der Waals surface area contributed by atoms with E-state index in [1.165, 1.54) is 38.9 Å². The van der Waals surface area contributed by atoms with Gasteiger partial charge in [0.05, 0.1) is 6.10 Å². The Labute approximate surface area is 93.2 Å². The van der Waals surface area contributed by atoms with Crippen LogP contribution in [0.4, 0.5) is 0 Å². The van der Waals surface area contributed by atoms with Crippen LogP contribution in [0.5, 0.6) is 0 Å². The number of nitrogens with zero attached hydrogens (tertiary/aromatic N) is 1. The van der Waals surface area contributed by atoms with Crippen molar-refractivity contribution in [3.8, 4) is 0 Å². The van der Waals surface area contributed by atoms with Crippen molar-refractivity contribution in [3.63, 3.8) is 0 Å². The molecule has 0 amide bonds. The minimum absolute atomic E-state index is 0.548. The lowest BCUT2D eigenvalue weighted by Crippen LogP contribution is -2.50. The Morgan fingerprint density at radius 1 is 1.40 bits per heavy atom. The fourth-order valence-electron chi connectivity index (χ4n) is 2.68. The van der Waals surface area contributed by atoms with Crippen LogP contribution in [0.25, 0.3) is 0 Å². The van der Waals surface area contributed by atoms with Gasteiger partial charge in [-0.3, -0.25) is 4.90 Å². The van der Waals surface area contributed by atoms with Crippen molar-refractivity contribution in [2.75, 3.05) is 26.2 Å². The minimum atomic E-state index is 0.548. The Bertz CT molecular complexity index is 192. The summed E-state index contributed by atoms with van der Waals surface area (Å²) in [7, 11) is 0. The van der Waals surface area contributed by atoms with Crippen LogP contribution < -0.4 is 5.32 Å². The number of nitrogens with one attached hydrogen (secondary N) is 1. The molecular weight excluding hydrogens is 188 g/mol. The van der Waals surface area contributed by atoms with Crippen LogP contribution in [0.1, 0.15) is 33.1 Å². The van der Waals surface area contributed by atoms with E-state index in [1.54, 1.807) is 0 Å². The molecule has 1 aliphatic carbocycles. The number of hydrogen-bond donors (Lipinski definition) is 1. The Kier molecular flexibility index (Phi) is 4.00. The Hall–Kier alpha value is -0.120. The van der Waals surface area contributed by atoms with E-state index in [1.807, 2.05) is 0 Å². The highest BCUT2D eigenvalue weighted by atomic mass is 16.5. The van der Waals surface area contributed by atoms with Gasteiger partial charge in [0.1, 0.15) is 0 Å². The highest BCUT2D eigenvalue weighted by Crippen LogP contribution is 2.28. The summed E-state index contributed by atoms with van der Waals surface area (Å²) in [6, 6.07) is 1.45. The molecule has 2 rings (SSSR count). The highest BCUT2D eigenvalue weighted by Gasteiger charge is 2.34. The quantitative estimate of drug-likeness (QED) is 0.762. The second-order valence-corrected chi connectivity index (χ2v) is 4.91. The molecule has 88 valence electrons. The molecule has 2 aliphatic rings. The van der Waals surface area contributed by atoms with Crippen LogP contribution >= 0.6 is 0 Å². The fraction of sp³-hybridized carbons (Fsp3) is 1.00. The van der Waals surface area contributed by atoms with Gasteiger partial charge in [-0.25, -0.2) is 0 Å². The molecule has 1 N–H and O–H groups in total. The van der Waals surface area contributed by atoms with E-state index >= 15 is 0 Å². The van der Waals surface area contributed by atoms with Gasteiger partial charge in [-0.1, -0.05) is 0 Å². The zero-order valence-corrected chi connectivity index (χ0v) is 10.0. The lowest BCUT2D eigenvalue weighted by Gasteiger charge is -2.42. The van der Waals surface area contributed by atoms with Gasteiger partial charge in [0.25, 0.3) is 0 Å². The molecule has 0 spiro atoms. The van der Waals surface area contributed by atoms with Crippen molar-refractivity contribution in [2.45, 2.75) is 51.3 Å². The third-order valence-electron chi connectivity index (χ3n) is 3.61. The van der Waals surface area contributed by atoms with E-state index in [-0.39, 0.29) is 0 Å². The normalized spacial score (nSPS) is 38.4. The summed E-state index contributed by atoms with van der Waals surface area (Å²) in [5.74, 6) is 0. The second kappa shape index (κ2) is 5.28. The number of hydrogen-bond acceptors (Lipinski definition) is 3. The van der Waals surface area contributed by atoms with Gasteiger partial charge in [0, 0.05) is 25.2 Å². The molecular formula is C12H24N2O. The first-order chi connectivity index (χ1) is 7.29. The molecule has 1 unspecified atom stereocenters. The molecule has 0 aromatic rings. The molecule has 15 heavy (non-hydrogen) atoms. The van der Waals surface area contributed by atoms with E-state index in [9.17, 15) is 0 Å². The fourth-order valence-corrected chi connectivity index (χ4v) is 2.68. The highest BCUT2D eigenvalue weighted by molar-refractivity contribution is 4.90. The Balaban J connectivity index is 1.74. The SMILES string of the molecule is CCOC1CC(N2CCCNC(C)C2)C1. The third-order valence-corrected chi connectivity index (χ3v) is 3.61. The standard InChI is InChI=1S/C12H24N2O/c1-3-15-12-7-11(8-12)14-6-4-5-13-10(2)9-14/h10-13H,3-9H2,1-2H3. The molecule has 1 heterocycles. The van der Waals surface area contributed by atoms with E-state index in [2.05, 4.69) is 24.1 Å². The van der Waals surface area contributed by atoms with E-state index in [4.69, 9.17) is 4.74 Å². The Morgan fingerprint density at radius 2 is 2.20 bits per heavy atom.